The van der Waals surface area contributed by atoms with Gasteiger partial charge in [-0.1, -0.05) is 24.3 Å². The van der Waals surface area contributed by atoms with E-state index in [4.69, 9.17) is 0 Å². The van der Waals surface area contributed by atoms with Crippen molar-refractivity contribution in [1.82, 2.24) is 14.5 Å². The van der Waals surface area contributed by atoms with E-state index >= 15 is 0 Å². The average Bonchev–Trinajstić information content (AvgIpc) is 3.11. The van der Waals surface area contributed by atoms with Gasteiger partial charge in [-0.15, -0.1) is 0 Å². The Morgan fingerprint density at radius 1 is 1.06 bits per heavy atom. The molecule has 4 aromatic rings. The number of nitrogens with zero attached hydrogens (tertiary/aromatic N) is 2. The van der Waals surface area contributed by atoms with E-state index in [9.17, 15) is 31.9 Å². The van der Waals surface area contributed by atoms with Gasteiger partial charge < -0.3 is 19.4 Å². The maximum Gasteiger partial charge on any atom is 0.421 e. The number of pyridine rings is 1. The van der Waals surface area contributed by atoms with Gasteiger partial charge in [0, 0.05) is 17.8 Å². The van der Waals surface area contributed by atoms with Crippen LogP contribution in [0.2, 0.25) is 0 Å². The van der Waals surface area contributed by atoms with Crippen molar-refractivity contribution >= 4 is 11.0 Å². The van der Waals surface area contributed by atoms with E-state index in [0.29, 0.717) is 11.1 Å². The maximum atomic E-state index is 13.4. The number of H-pyrrole nitrogens is 1. The molecule has 0 amide bonds. The number of fused-ring (bicyclic) bond motifs is 1. The quantitative estimate of drug-likeness (QED) is 0.407. The summed E-state index contributed by atoms with van der Waals surface area (Å²) in [5.74, 6) is -0.901. The Bertz CT molecular complexity index is 1330. The molecule has 0 aliphatic rings. The first kappa shape index (κ1) is 22.5. The molecule has 0 aliphatic heterocycles. The highest BCUT2D eigenvalue weighted by atomic mass is 19.4. The summed E-state index contributed by atoms with van der Waals surface area (Å²) in [7, 11) is 0. The second-order valence-corrected chi connectivity index (χ2v) is 7.13. The number of para-hydroxylation sites is 1. The molecule has 2 aromatic carbocycles. The first-order valence-electron chi connectivity index (χ1n) is 9.60. The average molecular weight is 465 g/mol. The molecule has 0 radical (unpaired) electrons. The van der Waals surface area contributed by atoms with Crippen LogP contribution in [0, 0.1) is 0 Å². The number of rotatable bonds is 6. The number of hydrogen-bond acceptors (Lipinski definition) is 4. The molecule has 0 bridgehead atoms. The highest BCUT2D eigenvalue weighted by Gasteiger charge is 2.42. The van der Waals surface area contributed by atoms with Crippen LogP contribution in [-0.2, 0) is 6.54 Å². The van der Waals surface area contributed by atoms with Crippen LogP contribution in [-0.4, -0.2) is 32.4 Å². The number of ether oxygens (including phenoxy) is 1. The number of benzene rings is 2. The second kappa shape index (κ2) is 8.66. The largest absolute Gasteiger partial charge is 0.434 e. The Morgan fingerprint density at radius 2 is 1.79 bits per heavy atom. The minimum atomic E-state index is -5.00. The van der Waals surface area contributed by atoms with E-state index in [1.54, 1.807) is 12.1 Å². The zero-order valence-electron chi connectivity index (χ0n) is 16.7. The molecule has 11 heteroatoms. The monoisotopic (exact) mass is 465 g/mol. The Hall–Kier alpha value is -3.73. The van der Waals surface area contributed by atoms with Crippen LogP contribution in [0.1, 0.15) is 17.5 Å². The number of hydrogen-bond donors (Lipinski definition) is 2. The van der Waals surface area contributed by atoms with Crippen LogP contribution in [0.5, 0.6) is 5.75 Å². The summed E-state index contributed by atoms with van der Waals surface area (Å²) in [6.45, 7) is -3.45. The van der Waals surface area contributed by atoms with Gasteiger partial charge in [0.05, 0.1) is 17.6 Å². The number of aliphatic hydroxyl groups excluding tert-OH is 1. The van der Waals surface area contributed by atoms with E-state index < -0.39 is 24.7 Å². The van der Waals surface area contributed by atoms with Gasteiger partial charge in [-0.25, -0.2) is 4.98 Å². The lowest BCUT2D eigenvalue weighted by molar-refractivity contribution is -0.209. The summed E-state index contributed by atoms with van der Waals surface area (Å²) in [5.41, 5.74) is 1.38. The van der Waals surface area contributed by atoms with Crippen LogP contribution in [0.3, 0.4) is 0 Å². The minimum absolute atomic E-state index is 0.161. The van der Waals surface area contributed by atoms with E-state index in [1.165, 1.54) is 48.7 Å². The van der Waals surface area contributed by atoms with E-state index in [1.807, 2.05) is 0 Å². The molecule has 0 fully saturated rings. The summed E-state index contributed by atoms with van der Waals surface area (Å²) in [6.07, 6.45) is -6.45. The highest BCUT2D eigenvalue weighted by molar-refractivity contribution is 5.82. The van der Waals surface area contributed by atoms with Gasteiger partial charge in [0.2, 0.25) is 11.7 Å². The van der Waals surface area contributed by atoms with Crippen molar-refractivity contribution in [3.05, 3.63) is 82.5 Å². The first-order valence-corrected chi connectivity index (χ1v) is 9.60. The number of alkyl halides is 5. The fourth-order valence-electron chi connectivity index (χ4n) is 3.45. The normalized spacial score (nSPS) is 12.9. The third-order valence-electron chi connectivity index (χ3n) is 4.97. The molecule has 0 saturated heterocycles. The summed E-state index contributed by atoms with van der Waals surface area (Å²) in [6, 6.07) is 13.1. The Kier molecular flexibility index (Phi) is 5.90. The van der Waals surface area contributed by atoms with Crippen molar-refractivity contribution in [3.63, 3.8) is 0 Å². The molecule has 2 heterocycles. The Labute approximate surface area is 182 Å². The fourth-order valence-corrected chi connectivity index (χ4v) is 3.45. The van der Waals surface area contributed by atoms with Gasteiger partial charge in [-0.05, 0) is 35.4 Å². The fraction of sp³-hybridized carbons (Fsp3) is 0.182. The molecular weight excluding hydrogens is 449 g/mol. The predicted octanol–water partition coefficient (Wildman–Crippen LogP) is 4.64. The zero-order chi connectivity index (χ0) is 23.8. The van der Waals surface area contributed by atoms with Gasteiger partial charge in [-0.2, -0.15) is 22.0 Å². The van der Waals surface area contributed by atoms with Crippen molar-refractivity contribution in [2.45, 2.75) is 25.4 Å². The molecule has 4 rings (SSSR count). The molecule has 172 valence electrons. The zero-order valence-corrected chi connectivity index (χ0v) is 16.7. The summed E-state index contributed by atoms with van der Waals surface area (Å²) in [5, 5.41) is 9.95. The molecular formula is C22H16F5N3O3. The number of nitrogens with one attached hydrogen (secondary N) is 1. The summed E-state index contributed by atoms with van der Waals surface area (Å²) >= 11 is 0. The lowest BCUT2D eigenvalue weighted by atomic mass is 10.1. The van der Waals surface area contributed by atoms with Gasteiger partial charge in [-0.3, -0.25) is 4.79 Å². The third-order valence-corrected chi connectivity index (χ3v) is 4.97. The van der Waals surface area contributed by atoms with Gasteiger partial charge in [0.1, 0.15) is 11.6 Å². The second-order valence-electron chi connectivity index (χ2n) is 7.13. The highest BCUT2D eigenvalue weighted by Crippen LogP contribution is 2.35. The van der Waals surface area contributed by atoms with Crippen molar-refractivity contribution < 1.29 is 31.8 Å². The van der Waals surface area contributed by atoms with E-state index in [0.717, 1.165) is 4.57 Å². The predicted molar refractivity (Wildman–Crippen MR) is 109 cm³/mol. The molecule has 2 N–H and O–H groups in total. The van der Waals surface area contributed by atoms with Crippen LogP contribution < -0.4 is 10.3 Å². The summed E-state index contributed by atoms with van der Waals surface area (Å²) in [4.78, 5) is 17.8. The lowest BCUT2D eigenvalue weighted by Crippen LogP contribution is -2.24. The number of aromatic nitrogens is 3. The molecule has 2 aromatic heterocycles. The smallest absolute Gasteiger partial charge is 0.421 e. The van der Waals surface area contributed by atoms with Gasteiger partial charge >= 0.3 is 12.8 Å². The van der Waals surface area contributed by atoms with Crippen molar-refractivity contribution in [1.29, 1.82) is 0 Å². The van der Waals surface area contributed by atoms with E-state index in [-0.39, 0.29) is 34.5 Å². The number of imidazole rings is 1. The van der Waals surface area contributed by atoms with Crippen LogP contribution in [0.25, 0.3) is 22.2 Å². The minimum Gasteiger partial charge on any atom is -0.434 e. The van der Waals surface area contributed by atoms with Crippen molar-refractivity contribution in [2.24, 2.45) is 0 Å². The molecule has 0 saturated carbocycles. The molecule has 33 heavy (non-hydrogen) atoms. The lowest BCUT2D eigenvalue weighted by Gasteiger charge is -2.18. The number of aliphatic hydroxyl groups is 1. The van der Waals surface area contributed by atoms with Crippen LogP contribution >= 0.6 is 0 Å². The topological polar surface area (TPSA) is 80.1 Å². The molecule has 0 spiro atoms. The van der Waals surface area contributed by atoms with Crippen molar-refractivity contribution in [3.8, 4) is 16.9 Å². The van der Waals surface area contributed by atoms with Crippen molar-refractivity contribution in [2.75, 3.05) is 0 Å². The molecule has 1 atom stereocenters. The Morgan fingerprint density at radius 3 is 2.45 bits per heavy atom. The van der Waals surface area contributed by atoms with Crippen LogP contribution in [0.4, 0.5) is 22.0 Å². The SMILES string of the molecule is O=c1ccc(-c2ccc3nc(C(O)C(F)(F)F)n(Cc4ccccc4OC(F)F)c3c2)c[nH]1. The van der Waals surface area contributed by atoms with E-state index in [2.05, 4.69) is 14.7 Å². The summed E-state index contributed by atoms with van der Waals surface area (Å²) < 4.78 is 71.3. The molecule has 6 nitrogen and oxygen atoms in total. The van der Waals surface area contributed by atoms with Crippen LogP contribution in [0.15, 0.2) is 65.6 Å². The molecule has 0 aliphatic carbocycles. The number of halogens is 5. The first-order chi connectivity index (χ1) is 15.6. The maximum absolute atomic E-state index is 13.4. The standard InChI is InChI=1S/C22H16F5N3O3/c23-21(24)33-17-4-2-1-3-14(17)11-30-16-9-12(13-6-8-18(31)28-10-13)5-7-15(16)29-20(30)19(32)22(25,26)27/h1-10,19,21,32H,11H2,(H,28,31). The number of aromatic amines is 1. The Balaban J connectivity index is 1.88. The third kappa shape index (κ3) is 4.72. The van der Waals surface area contributed by atoms with Gasteiger partial charge in [0.25, 0.3) is 0 Å². The molecule has 1 unspecified atom stereocenters. The van der Waals surface area contributed by atoms with Gasteiger partial charge in [0.15, 0.2) is 0 Å².